The molecule has 0 spiro atoms. The Bertz CT molecular complexity index is 591. The smallest absolute Gasteiger partial charge is 0.241 e. The van der Waals surface area contributed by atoms with Crippen LogP contribution in [0.1, 0.15) is 44.1 Å². The van der Waals surface area contributed by atoms with Crippen molar-refractivity contribution in [3.8, 4) is 0 Å². The van der Waals surface area contributed by atoms with Gasteiger partial charge in [0.1, 0.15) is 0 Å². The Morgan fingerprint density at radius 3 is 2.41 bits per heavy atom. The molecule has 0 unspecified atom stereocenters. The molecule has 0 radical (unpaired) electrons. The highest BCUT2D eigenvalue weighted by Crippen LogP contribution is 2.21. The maximum absolute atomic E-state index is 12.4. The fraction of sp³-hybridized carbons (Fsp3) is 0.636. The number of benzene rings is 1. The molecule has 1 aromatic carbocycles. The van der Waals surface area contributed by atoms with Gasteiger partial charge in [-0.05, 0) is 69.0 Å². The number of hydrogen-bond donors (Lipinski definition) is 2. The van der Waals surface area contributed by atoms with Crippen LogP contribution in [0.2, 0.25) is 0 Å². The van der Waals surface area contributed by atoms with Crippen LogP contribution in [-0.2, 0) is 16.0 Å². The first-order valence-corrected chi connectivity index (χ1v) is 10.5. The first-order valence-electron chi connectivity index (χ1n) is 10.5. The quantitative estimate of drug-likeness (QED) is 0.773. The van der Waals surface area contributed by atoms with E-state index < -0.39 is 0 Å². The van der Waals surface area contributed by atoms with Crippen molar-refractivity contribution in [2.24, 2.45) is 11.8 Å². The monoisotopic (exact) mass is 371 g/mol. The molecule has 2 N–H and O–H groups in total. The minimum absolute atomic E-state index is 0.0147. The maximum Gasteiger partial charge on any atom is 0.241 e. The summed E-state index contributed by atoms with van der Waals surface area (Å²) in [6.45, 7) is 3.88. The molecule has 0 bridgehead atoms. The highest BCUT2D eigenvalue weighted by atomic mass is 16.2. The summed E-state index contributed by atoms with van der Waals surface area (Å²) in [7, 11) is 0. The average Bonchev–Trinajstić information content (AvgIpc) is 2.72. The summed E-state index contributed by atoms with van der Waals surface area (Å²) >= 11 is 0. The molecule has 2 aliphatic rings. The number of likely N-dealkylation sites (tertiary alicyclic amines) is 1. The average molecular weight is 372 g/mol. The van der Waals surface area contributed by atoms with E-state index in [1.54, 1.807) is 0 Å². The van der Waals surface area contributed by atoms with Gasteiger partial charge in [0, 0.05) is 19.5 Å². The van der Waals surface area contributed by atoms with Gasteiger partial charge in [-0.1, -0.05) is 30.3 Å². The Balaban J connectivity index is 1.30. The van der Waals surface area contributed by atoms with Crippen molar-refractivity contribution >= 4 is 11.8 Å². The van der Waals surface area contributed by atoms with E-state index in [1.165, 1.54) is 5.56 Å². The molecule has 2 saturated heterocycles. The Morgan fingerprint density at radius 1 is 1.00 bits per heavy atom. The number of hydrogen-bond acceptors (Lipinski definition) is 3. The molecule has 2 fully saturated rings. The van der Waals surface area contributed by atoms with E-state index in [9.17, 15) is 9.59 Å². The third-order valence-corrected chi connectivity index (χ3v) is 6.01. The fourth-order valence-electron chi connectivity index (χ4n) is 4.21. The minimum atomic E-state index is 0.0147. The molecule has 148 valence electrons. The molecule has 3 rings (SSSR count). The van der Waals surface area contributed by atoms with Gasteiger partial charge in [-0.15, -0.1) is 0 Å². The van der Waals surface area contributed by atoms with E-state index in [2.05, 4.69) is 34.9 Å². The molecular weight excluding hydrogens is 338 g/mol. The Kier molecular flexibility index (Phi) is 7.69. The van der Waals surface area contributed by atoms with Crippen LogP contribution in [0.4, 0.5) is 0 Å². The maximum atomic E-state index is 12.4. The molecule has 5 nitrogen and oxygen atoms in total. The van der Waals surface area contributed by atoms with Gasteiger partial charge in [0.15, 0.2) is 0 Å². The van der Waals surface area contributed by atoms with Crippen molar-refractivity contribution in [3.63, 3.8) is 0 Å². The van der Waals surface area contributed by atoms with Crippen LogP contribution >= 0.6 is 0 Å². The van der Waals surface area contributed by atoms with Crippen molar-refractivity contribution in [1.82, 2.24) is 15.5 Å². The largest absolute Gasteiger partial charge is 0.347 e. The van der Waals surface area contributed by atoms with Gasteiger partial charge in [-0.2, -0.15) is 0 Å². The first kappa shape index (κ1) is 19.9. The third-order valence-electron chi connectivity index (χ3n) is 6.01. The van der Waals surface area contributed by atoms with Crippen molar-refractivity contribution < 1.29 is 9.59 Å². The molecule has 27 heavy (non-hydrogen) atoms. The van der Waals surface area contributed by atoms with Gasteiger partial charge in [0.2, 0.25) is 11.8 Å². The van der Waals surface area contributed by atoms with Gasteiger partial charge in [0.25, 0.3) is 0 Å². The summed E-state index contributed by atoms with van der Waals surface area (Å²) in [4.78, 5) is 26.3. The van der Waals surface area contributed by atoms with Crippen LogP contribution in [0.3, 0.4) is 0 Å². The number of rotatable bonds is 7. The Labute approximate surface area is 162 Å². The number of nitrogens with one attached hydrogen (secondary N) is 2. The Hall–Kier alpha value is -1.88. The van der Waals surface area contributed by atoms with Crippen LogP contribution < -0.4 is 10.6 Å². The van der Waals surface area contributed by atoms with E-state index in [1.807, 2.05) is 11.0 Å². The van der Waals surface area contributed by atoms with E-state index in [0.717, 1.165) is 64.7 Å². The van der Waals surface area contributed by atoms with Crippen LogP contribution in [0.25, 0.3) is 0 Å². The van der Waals surface area contributed by atoms with Gasteiger partial charge in [-0.3, -0.25) is 9.59 Å². The molecule has 0 saturated carbocycles. The molecule has 2 heterocycles. The van der Waals surface area contributed by atoms with Crippen LogP contribution in [0.5, 0.6) is 0 Å². The lowest BCUT2D eigenvalue weighted by molar-refractivity contribution is -0.134. The van der Waals surface area contributed by atoms with Gasteiger partial charge in [-0.25, -0.2) is 0 Å². The third kappa shape index (κ3) is 6.65. The topological polar surface area (TPSA) is 61.4 Å². The number of nitrogens with zero attached hydrogens (tertiary/aromatic N) is 1. The lowest BCUT2D eigenvalue weighted by Crippen LogP contribution is -2.44. The van der Waals surface area contributed by atoms with E-state index in [4.69, 9.17) is 0 Å². The SMILES string of the molecule is O=C(CCC1CCNCC1)NCC(=O)N1CCC(Cc2ccccc2)CC1. The lowest BCUT2D eigenvalue weighted by Gasteiger charge is -2.32. The second-order valence-electron chi connectivity index (χ2n) is 8.02. The lowest BCUT2D eigenvalue weighted by atomic mass is 9.90. The fourth-order valence-corrected chi connectivity index (χ4v) is 4.21. The van der Waals surface area contributed by atoms with Crippen molar-refractivity contribution in [1.29, 1.82) is 0 Å². The molecule has 2 aliphatic heterocycles. The summed E-state index contributed by atoms with van der Waals surface area (Å²) in [5, 5.41) is 6.17. The predicted octanol–water partition coefficient (Wildman–Crippen LogP) is 2.36. The highest BCUT2D eigenvalue weighted by molar-refractivity contribution is 5.84. The van der Waals surface area contributed by atoms with E-state index >= 15 is 0 Å². The zero-order valence-corrected chi connectivity index (χ0v) is 16.3. The van der Waals surface area contributed by atoms with E-state index in [0.29, 0.717) is 18.3 Å². The van der Waals surface area contributed by atoms with Crippen molar-refractivity contribution in [2.45, 2.75) is 44.9 Å². The molecule has 5 heteroatoms. The number of piperidine rings is 2. The molecule has 0 aromatic heterocycles. The van der Waals surface area contributed by atoms with Crippen molar-refractivity contribution in [2.75, 3.05) is 32.7 Å². The molecule has 0 aliphatic carbocycles. The zero-order chi connectivity index (χ0) is 18.9. The Morgan fingerprint density at radius 2 is 1.70 bits per heavy atom. The van der Waals surface area contributed by atoms with Crippen LogP contribution in [-0.4, -0.2) is 49.4 Å². The molecule has 2 amide bonds. The van der Waals surface area contributed by atoms with Crippen LogP contribution in [0, 0.1) is 11.8 Å². The summed E-state index contributed by atoms with van der Waals surface area (Å²) in [6, 6.07) is 10.6. The predicted molar refractivity (Wildman–Crippen MR) is 107 cm³/mol. The zero-order valence-electron chi connectivity index (χ0n) is 16.3. The summed E-state index contributed by atoms with van der Waals surface area (Å²) in [5.74, 6) is 1.37. The van der Waals surface area contributed by atoms with E-state index in [-0.39, 0.29) is 18.4 Å². The molecule has 0 atom stereocenters. The number of amides is 2. The van der Waals surface area contributed by atoms with Crippen molar-refractivity contribution in [3.05, 3.63) is 35.9 Å². The minimum Gasteiger partial charge on any atom is -0.347 e. The number of carbonyl (C=O) groups excluding carboxylic acids is 2. The van der Waals surface area contributed by atoms with Gasteiger partial charge in [0.05, 0.1) is 6.54 Å². The standard InChI is InChI=1S/C22H33N3O2/c26-21(7-6-18-8-12-23-13-9-18)24-17-22(27)25-14-10-20(11-15-25)16-19-4-2-1-3-5-19/h1-5,18,20,23H,6-17H2,(H,24,26). The summed E-state index contributed by atoms with van der Waals surface area (Å²) < 4.78 is 0. The second-order valence-corrected chi connectivity index (χ2v) is 8.02. The summed E-state index contributed by atoms with van der Waals surface area (Å²) in [6.07, 6.45) is 6.98. The van der Waals surface area contributed by atoms with Gasteiger partial charge >= 0.3 is 0 Å². The summed E-state index contributed by atoms with van der Waals surface area (Å²) in [5.41, 5.74) is 1.38. The first-order chi connectivity index (χ1) is 13.2. The highest BCUT2D eigenvalue weighted by Gasteiger charge is 2.23. The molecule has 1 aromatic rings. The van der Waals surface area contributed by atoms with Crippen LogP contribution in [0.15, 0.2) is 30.3 Å². The number of carbonyl (C=O) groups is 2. The molecular formula is C22H33N3O2. The normalized spacial score (nSPS) is 19.0. The van der Waals surface area contributed by atoms with Gasteiger partial charge < -0.3 is 15.5 Å². The second kappa shape index (κ2) is 10.5.